The zero-order valence-corrected chi connectivity index (χ0v) is 12.0. The average molecular weight is 287 g/mol. The molecule has 0 radical (unpaired) electrons. The highest BCUT2D eigenvalue weighted by molar-refractivity contribution is 5.85. The number of carboxylic acid groups (broad SMARTS) is 1. The number of carbonyl (C=O) groups is 2. The second-order valence-electron chi connectivity index (χ2n) is 6.10. The third-order valence-electron chi connectivity index (χ3n) is 4.15. The highest BCUT2D eigenvalue weighted by atomic mass is 16.4. The van der Waals surface area contributed by atoms with Gasteiger partial charge in [-0.25, -0.2) is 0 Å². The number of rotatable bonds is 6. The molecule has 0 aromatic rings. The van der Waals surface area contributed by atoms with Crippen LogP contribution in [0.3, 0.4) is 0 Å². The second kappa shape index (κ2) is 7.04. The summed E-state index contributed by atoms with van der Waals surface area (Å²) in [7, 11) is 0. The van der Waals surface area contributed by atoms with Crippen LogP contribution in [0.1, 0.15) is 51.9 Å². The van der Waals surface area contributed by atoms with E-state index in [1.807, 2.05) is 0 Å². The Morgan fingerprint density at radius 1 is 1.10 bits per heavy atom. The lowest BCUT2D eigenvalue weighted by atomic mass is 9.77. The molecule has 0 heterocycles. The molecule has 1 fully saturated rings. The highest BCUT2D eigenvalue weighted by Crippen LogP contribution is 2.38. The van der Waals surface area contributed by atoms with Gasteiger partial charge in [-0.1, -0.05) is 25.7 Å². The molecular formula is C14H25NO5. The van der Waals surface area contributed by atoms with E-state index in [-0.39, 0.29) is 6.42 Å². The molecule has 0 saturated heterocycles. The summed E-state index contributed by atoms with van der Waals surface area (Å²) < 4.78 is 0. The summed E-state index contributed by atoms with van der Waals surface area (Å²) in [5.74, 6) is -1.36. The maximum Gasteiger partial charge on any atom is 0.310 e. The first-order valence-corrected chi connectivity index (χ1v) is 7.14. The number of aliphatic carboxylic acids is 1. The molecule has 20 heavy (non-hydrogen) atoms. The van der Waals surface area contributed by atoms with Crippen molar-refractivity contribution < 1.29 is 24.9 Å². The van der Waals surface area contributed by atoms with Crippen molar-refractivity contribution in [2.24, 2.45) is 5.41 Å². The van der Waals surface area contributed by atoms with E-state index >= 15 is 0 Å². The van der Waals surface area contributed by atoms with Crippen molar-refractivity contribution in [2.75, 3.05) is 13.2 Å². The quantitative estimate of drug-likeness (QED) is 0.537. The van der Waals surface area contributed by atoms with Crippen molar-refractivity contribution in [3.8, 4) is 0 Å². The molecule has 0 aromatic carbocycles. The Morgan fingerprint density at radius 3 is 2.00 bits per heavy atom. The minimum absolute atomic E-state index is 0.0993. The predicted molar refractivity (Wildman–Crippen MR) is 73.1 cm³/mol. The van der Waals surface area contributed by atoms with Gasteiger partial charge >= 0.3 is 5.97 Å². The van der Waals surface area contributed by atoms with E-state index in [9.17, 15) is 14.7 Å². The van der Waals surface area contributed by atoms with Crippen LogP contribution in [0.5, 0.6) is 0 Å². The van der Waals surface area contributed by atoms with Gasteiger partial charge in [0.1, 0.15) is 0 Å². The fourth-order valence-electron chi connectivity index (χ4n) is 2.69. The molecule has 1 rings (SSSR count). The van der Waals surface area contributed by atoms with Crippen molar-refractivity contribution in [3.63, 3.8) is 0 Å². The lowest BCUT2D eigenvalue weighted by Crippen LogP contribution is -2.53. The lowest BCUT2D eigenvalue weighted by molar-refractivity contribution is -0.153. The van der Waals surface area contributed by atoms with Crippen LogP contribution >= 0.6 is 0 Å². The van der Waals surface area contributed by atoms with Crippen LogP contribution < -0.4 is 5.32 Å². The second-order valence-corrected chi connectivity index (χ2v) is 6.10. The topological polar surface area (TPSA) is 107 Å². The number of nitrogens with one attached hydrogen (secondary N) is 1. The van der Waals surface area contributed by atoms with Crippen LogP contribution in [0.4, 0.5) is 0 Å². The maximum atomic E-state index is 12.1. The van der Waals surface area contributed by atoms with E-state index in [0.29, 0.717) is 12.8 Å². The lowest BCUT2D eigenvalue weighted by Gasteiger charge is -2.31. The molecule has 0 aliphatic heterocycles. The Labute approximate surface area is 119 Å². The molecular weight excluding hydrogens is 262 g/mol. The SMILES string of the molecule is CC(CO)(CO)NC(=O)CC1(C(=O)O)CCCCCC1. The summed E-state index contributed by atoms with van der Waals surface area (Å²) in [6.45, 7) is 0.732. The number of hydrogen-bond acceptors (Lipinski definition) is 4. The molecule has 0 spiro atoms. The summed E-state index contributed by atoms with van der Waals surface area (Å²) >= 11 is 0. The molecule has 0 atom stereocenters. The molecule has 0 aromatic heterocycles. The predicted octanol–water partition coefficient (Wildman–Crippen LogP) is 0.661. The van der Waals surface area contributed by atoms with E-state index in [4.69, 9.17) is 10.2 Å². The maximum absolute atomic E-state index is 12.1. The van der Waals surface area contributed by atoms with Crippen molar-refractivity contribution in [2.45, 2.75) is 57.4 Å². The van der Waals surface area contributed by atoms with E-state index in [2.05, 4.69) is 5.32 Å². The molecule has 1 aliphatic carbocycles. The molecule has 1 amide bonds. The van der Waals surface area contributed by atoms with Gasteiger partial charge in [0.25, 0.3) is 0 Å². The number of aliphatic hydroxyl groups excluding tert-OH is 2. The average Bonchev–Trinajstić information content (AvgIpc) is 2.65. The van der Waals surface area contributed by atoms with Crippen molar-refractivity contribution in [1.29, 1.82) is 0 Å². The summed E-state index contributed by atoms with van der Waals surface area (Å²) in [6.07, 6.45) is 4.55. The standard InChI is InChI=1S/C14H25NO5/c1-13(9-16,10-17)15-11(18)8-14(12(19)20)6-4-2-3-5-7-14/h16-17H,2-10H2,1H3,(H,15,18)(H,19,20). The number of hydrogen-bond donors (Lipinski definition) is 4. The minimum atomic E-state index is -1.11. The van der Waals surface area contributed by atoms with Gasteiger partial charge in [0, 0.05) is 6.42 Å². The summed E-state index contributed by atoms with van der Waals surface area (Å²) in [5.41, 5.74) is -2.12. The van der Waals surface area contributed by atoms with Gasteiger partial charge in [-0.15, -0.1) is 0 Å². The molecule has 0 bridgehead atoms. The normalized spacial score (nSPS) is 19.1. The zero-order chi connectivity index (χ0) is 15.2. The van der Waals surface area contributed by atoms with Gasteiger partial charge < -0.3 is 20.6 Å². The number of aliphatic hydroxyl groups is 2. The smallest absolute Gasteiger partial charge is 0.310 e. The van der Waals surface area contributed by atoms with Gasteiger partial charge in [0.15, 0.2) is 0 Å². The minimum Gasteiger partial charge on any atom is -0.481 e. The first kappa shape index (κ1) is 16.9. The first-order valence-electron chi connectivity index (χ1n) is 7.14. The fourth-order valence-corrected chi connectivity index (χ4v) is 2.69. The van der Waals surface area contributed by atoms with Gasteiger partial charge in [-0.2, -0.15) is 0 Å². The summed E-state index contributed by atoms with van der Waals surface area (Å²) in [4.78, 5) is 23.7. The van der Waals surface area contributed by atoms with Crippen LogP contribution in [0.25, 0.3) is 0 Å². The van der Waals surface area contributed by atoms with Crippen molar-refractivity contribution >= 4 is 11.9 Å². The summed E-state index contributed by atoms with van der Waals surface area (Å²) in [5, 5.41) is 30.4. The Hall–Kier alpha value is -1.14. The van der Waals surface area contributed by atoms with Crippen LogP contribution in [0, 0.1) is 5.41 Å². The molecule has 4 N–H and O–H groups in total. The van der Waals surface area contributed by atoms with E-state index in [1.165, 1.54) is 6.92 Å². The molecule has 1 aliphatic rings. The van der Waals surface area contributed by atoms with Gasteiger partial charge in [0.2, 0.25) is 5.91 Å². The first-order chi connectivity index (χ1) is 9.37. The van der Waals surface area contributed by atoms with Crippen molar-refractivity contribution in [3.05, 3.63) is 0 Å². The number of carbonyl (C=O) groups excluding carboxylic acids is 1. The van der Waals surface area contributed by atoms with E-state index in [1.54, 1.807) is 0 Å². The van der Waals surface area contributed by atoms with Crippen LogP contribution in [-0.2, 0) is 9.59 Å². The Kier molecular flexibility index (Phi) is 5.95. The highest BCUT2D eigenvalue weighted by Gasteiger charge is 2.41. The summed E-state index contributed by atoms with van der Waals surface area (Å²) in [6, 6.07) is 0. The largest absolute Gasteiger partial charge is 0.481 e. The third-order valence-corrected chi connectivity index (χ3v) is 4.15. The molecule has 6 nitrogen and oxygen atoms in total. The van der Waals surface area contributed by atoms with Gasteiger partial charge in [0.05, 0.1) is 24.2 Å². The van der Waals surface area contributed by atoms with Crippen LogP contribution in [0.2, 0.25) is 0 Å². The monoisotopic (exact) mass is 287 g/mol. The Bertz CT molecular complexity index is 343. The Balaban J connectivity index is 2.75. The van der Waals surface area contributed by atoms with Gasteiger partial charge in [-0.05, 0) is 19.8 Å². The number of amides is 1. The van der Waals surface area contributed by atoms with E-state index < -0.39 is 36.0 Å². The molecule has 116 valence electrons. The zero-order valence-electron chi connectivity index (χ0n) is 12.0. The van der Waals surface area contributed by atoms with E-state index in [0.717, 1.165) is 25.7 Å². The molecule has 1 saturated carbocycles. The molecule has 6 heteroatoms. The number of carboxylic acids is 1. The third kappa shape index (κ3) is 4.18. The van der Waals surface area contributed by atoms with Crippen LogP contribution in [0.15, 0.2) is 0 Å². The Morgan fingerprint density at radius 2 is 1.60 bits per heavy atom. The van der Waals surface area contributed by atoms with Gasteiger partial charge in [-0.3, -0.25) is 9.59 Å². The van der Waals surface area contributed by atoms with Crippen molar-refractivity contribution in [1.82, 2.24) is 5.32 Å². The van der Waals surface area contributed by atoms with Crippen LogP contribution in [-0.4, -0.2) is 45.9 Å². The molecule has 0 unspecified atom stereocenters. The fraction of sp³-hybridized carbons (Fsp3) is 0.857.